The van der Waals surface area contributed by atoms with Crippen molar-refractivity contribution < 1.29 is 4.74 Å². The summed E-state index contributed by atoms with van der Waals surface area (Å²) in [6, 6.07) is 39.4. The van der Waals surface area contributed by atoms with Crippen molar-refractivity contribution in [1.29, 1.82) is 0 Å². The van der Waals surface area contributed by atoms with Crippen molar-refractivity contribution in [2.75, 3.05) is 0 Å². The highest BCUT2D eigenvalue weighted by Crippen LogP contribution is 2.42. The van der Waals surface area contributed by atoms with Crippen LogP contribution in [0.3, 0.4) is 0 Å². The van der Waals surface area contributed by atoms with Crippen molar-refractivity contribution >= 4 is 0 Å². The average Bonchev–Trinajstić information content (AvgIpc) is 2.80. The van der Waals surface area contributed by atoms with E-state index < -0.39 is 5.60 Å². The summed E-state index contributed by atoms with van der Waals surface area (Å²) in [5.74, 6) is 0.827. The molecule has 0 aromatic heterocycles. The van der Waals surface area contributed by atoms with Gasteiger partial charge in [-0.2, -0.15) is 0 Å². The van der Waals surface area contributed by atoms with Crippen molar-refractivity contribution in [2.24, 2.45) is 0 Å². The molecule has 0 atom stereocenters. The maximum absolute atomic E-state index is 6.91. The summed E-state index contributed by atoms with van der Waals surface area (Å²) in [4.78, 5) is 0. The Balaban J connectivity index is 2.05. The molecule has 0 radical (unpaired) electrons. The van der Waals surface area contributed by atoms with Gasteiger partial charge in [-0.25, -0.2) is 0 Å². The minimum absolute atomic E-state index is 0.774. The fourth-order valence-electron chi connectivity index (χ4n) is 3.86. The molecule has 1 heteroatoms. The van der Waals surface area contributed by atoms with Crippen LogP contribution in [0.4, 0.5) is 0 Å². The van der Waals surface area contributed by atoms with Crippen LogP contribution >= 0.6 is 0 Å². The summed E-state index contributed by atoms with van der Waals surface area (Å²) in [7, 11) is 0. The van der Waals surface area contributed by atoms with Crippen molar-refractivity contribution in [2.45, 2.75) is 12.0 Å². The van der Waals surface area contributed by atoms with Gasteiger partial charge in [0.15, 0.2) is 5.60 Å². The summed E-state index contributed by atoms with van der Waals surface area (Å²) in [6.45, 7) is 3.97. The third kappa shape index (κ3) is 3.72. The quantitative estimate of drug-likeness (QED) is 0.255. The summed E-state index contributed by atoms with van der Waals surface area (Å²) < 4.78 is 6.91. The van der Waals surface area contributed by atoms with Gasteiger partial charge in [-0.05, 0) is 24.1 Å². The predicted octanol–water partition coefficient (Wildman–Crippen LogP) is 6.79. The minimum atomic E-state index is -0.774. The van der Waals surface area contributed by atoms with Crippen LogP contribution in [0.15, 0.2) is 128 Å². The third-order valence-corrected chi connectivity index (χ3v) is 5.14. The third-order valence-electron chi connectivity index (χ3n) is 5.14. The first-order valence-electron chi connectivity index (χ1n) is 9.89. The molecular weight excluding hydrogens is 352 g/mol. The molecule has 4 aromatic rings. The second kappa shape index (κ2) is 8.62. The van der Waals surface area contributed by atoms with Gasteiger partial charge in [0.1, 0.15) is 5.75 Å². The zero-order valence-electron chi connectivity index (χ0n) is 16.4. The summed E-state index contributed by atoms with van der Waals surface area (Å²) >= 11 is 0. The lowest BCUT2D eigenvalue weighted by atomic mass is 9.77. The smallest absolute Gasteiger partial charge is 0.184 e. The van der Waals surface area contributed by atoms with Gasteiger partial charge in [-0.1, -0.05) is 109 Å². The first kappa shape index (κ1) is 18.8. The number of hydrogen-bond acceptors (Lipinski definition) is 1. The van der Waals surface area contributed by atoms with E-state index in [1.807, 2.05) is 48.5 Å². The van der Waals surface area contributed by atoms with E-state index in [2.05, 4.69) is 79.4 Å². The van der Waals surface area contributed by atoms with E-state index in [0.29, 0.717) is 0 Å². The maximum Gasteiger partial charge on any atom is 0.184 e. The predicted molar refractivity (Wildman–Crippen MR) is 120 cm³/mol. The van der Waals surface area contributed by atoms with E-state index in [0.717, 1.165) is 28.9 Å². The number of benzene rings is 4. The van der Waals surface area contributed by atoms with Crippen molar-refractivity contribution in [3.05, 3.63) is 150 Å². The topological polar surface area (TPSA) is 9.23 Å². The lowest BCUT2D eigenvalue weighted by Gasteiger charge is -2.37. The lowest BCUT2D eigenvalue weighted by Crippen LogP contribution is -2.37. The first-order chi connectivity index (χ1) is 14.3. The van der Waals surface area contributed by atoms with Crippen LogP contribution in [-0.2, 0) is 12.0 Å². The molecule has 142 valence electrons. The number of allylic oxidation sites excluding steroid dienone is 1. The highest BCUT2D eigenvalue weighted by atomic mass is 16.5. The zero-order valence-corrected chi connectivity index (χ0v) is 16.4. The largest absolute Gasteiger partial charge is 0.473 e. The molecule has 0 aliphatic rings. The fourth-order valence-corrected chi connectivity index (χ4v) is 3.86. The Bertz CT molecular complexity index is 1010. The summed E-state index contributed by atoms with van der Waals surface area (Å²) in [5, 5.41) is 0. The normalized spacial score (nSPS) is 11.0. The molecule has 0 saturated carbocycles. The average molecular weight is 376 g/mol. The minimum Gasteiger partial charge on any atom is -0.473 e. The highest BCUT2D eigenvalue weighted by Gasteiger charge is 2.40. The van der Waals surface area contributed by atoms with Gasteiger partial charge in [-0.3, -0.25) is 0 Å². The van der Waals surface area contributed by atoms with Gasteiger partial charge in [0.05, 0.1) is 0 Å². The van der Waals surface area contributed by atoms with Gasteiger partial charge >= 0.3 is 0 Å². The van der Waals surface area contributed by atoms with Crippen molar-refractivity contribution in [3.8, 4) is 5.75 Å². The second-order valence-corrected chi connectivity index (χ2v) is 6.98. The van der Waals surface area contributed by atoms with Gasteiger partial charge in [0, 0.05) is 16.7 Å². The molecule has 0 heterocycles. The lowest BCUT2D eigenvalue weighted by molar-refractivity contribution is 0.154. The summed E-state index contributed by atoms with van der Waals surface area (Å²) in [5.41, 5.74) is 3.73. The van der Waals surface area contributed by atoms with Gasteiger partial charge in [0.2, 0.25) is 0 Å². The van der Waals surface area contributed by atoms with Gasteiger partial charge in [-0.15, -0.1) is 6.58 Å². The molecule has 0 unspecified atom stereocenters. The second-order valence-electron chi connectivity index (χ2n) is 6.98. The molecule has 0 spiro atoms. The molecule has 0 bridgehead atoms. The van der Waals surface area contributed by atoms with Crippen LogP contribution < -0.4 is 4.74 Å². The SMILES string of the molecule is C=CCc1ccccc1C(Oc1ccccc1)(c1ccccc1)c1ccccc1. The van der Waals surface area contributed by atoms with Gasteiger partial charge < -0.3 is 4.74 Å². The Hall–Kier alpha value is -3.58. The number of hydrogen-bond donors (Lipinski definition) is 0. The van der Waals surface area contributed by atoms with E-state index in [4.69, 9.17) is 4.74 Å². The highest BCUT2D eigenvalue weighted by molar-refractivity contribution is 5.52. The van der Waals surface area contributed by atoms with Gasteiger partial charge in [0.25, 0.3) is 0 Å². The van der Waals surface area contributed by atoms with E-state index in [1.165, 1.54) is 5.56 Å². The van der Waals surface area contributed by atoms with E-state index in [1.54, 1.807) is 0 Å². The first-order valence-corrected chi connectivity index (χ1v) is 9.89. The van der Waals surface area contributed by atoms with Crippen LogP contribution in [0.1, 0.15) is 22.3 Å². The van der Waals surface area contributed by atoms with Crippen LogP contribution in [0.2, 0.25) is 0 Å². The molecule has 0 aliphatic carbocycles. The number of rotatable bonds is 7. The molecule has 29 heavy (non-hydrogen) atoms. The van der Waals surface area contributed by atoms with Crippen molar-refractivity contribution in [1.82, 2.24) is 0 Å². The standard InChI is InChI=1S/C28H24O/c1-2-14-23-15-12-13-22-27(23)28(24-16-6-3-7-17-24,25-18-8-4-9-19-25)29-26-20-10-5-11-21-26/h2-13,15-22H,1,14H2. The maximum atomic E-state index is 6.91. The monoisotopic (exact) mass is 376 g/mol. The Morgan fingerprint density at radius 1 is 0.621 bits per heavy atom. The molecule has 0 fully saturated rings. The Morgan fingerprint density at radius 2 is 1.10 bits per heavy atom. The molecule has 4 rings (SSSR count). The van der Waals surface area contributed by atoms with Crippen molar-refractivity contribution in [3.63, 3.8) is 0 Å². The van der Waals surface area contributed by atoms with E-state index >= 15 is 0 Å². The molecule has 4 aromatic carbocycles. The molecular formula is C28H24O. The Morgan fingerprint density at radius 3 is 1.66 bits per heavy atom. The number of para-hydroxylation sites is 1. The fraction of sp³-hybridized carbons (Fsp3) is 0.0714. The Labute approximate surface area is 172 Å². The van der Waals surface area contributed by atoms with E-state index in [9.17, 15) is 0 Å². The molecule has 1 nitrogen and oxygen atoms in total. The molecule has 0 amide bonds. The van der Waals surface area contributed by atoms with Crippen LogP contribution in [0.5, 0.6) is 5.75 Å². The number of ether oxygens (including phenoxy) is 1. The molecule has 0 N–H and O–H groups in total. The zero-order chi connectivity index (χ0) is 19.9. The van der Waals surface area contributed by atoms with E-state index in [-0.39, 0.29) is 0 Å². The van der Waals surface area contributed by atoms with Crippen LogP contribution in [-0.4, -0.2) is 0 Å². The molecule has 0 aliphatic heterocycles. The van der Waals surface area contributed by atoms with Crippen LogP contribution in [0.25, 0.3) is 0 Å². The van der Waals surface area contributed by atoms with Crippen LogP contribution in [0, 0.1) is 0 Å². The molecule has 0 saturated heterocycles. The Kier molecular flexibility index (Phi) is 5.58. The summed E-state index contributed by atoms with van der Waals surface area (Å²) in [6.07, 6.45) is 2.72.